The number of halogens is 1. The smallest absolute Gasteiger partial charge is 0.223 e. The van der Waals surface area contributed by atoms with Crippen LogP contribution < -0.4 is 10.5 Å². The highest BCUT2D eigenvalue weighted by Crippen LogP contribution is 2.15. The summed E-state index contributed by atoms with van der Waals surface area (Å²) in [6.07, 6.45) is 0.372. The van der Waals surface area contributed by atoms with E-state index in [0.717, 1.165) is 5.75 Å². The van der Waals surface area contributed by atoms with Crippen molar-refractivity contribution >= 4 is 17.5 Å². The van der Waals surface area contributed by atoms with Gasteiger partial charge in [-0.3, -0.25) is 4.79 Å². The van der Waals surface area contributed by atoms with Gasteiger partial charge in [0.2, 0.25) is 5.91 Å². The van der Waals surface area contributed by atoms with Gasteiger partial charge in [-0.15, -0.1) is 0 Å². The molecule has 0 bridgehead atoms. The molecule has 0 aliphatic rings. The highest BCUT2D eigenvalue weighted by atomic mass is 35.5. The van der Waals surface area contributed by atoms with Crippen LogP contribution in [0.1, 0.15) is 6.42 Å². The van der Waals surface area contributed by atoms with E-state index in [0.29, 0.717) is 31.1 Å². The van der Waals surface area contributed by atoms with E-state index in [1.807, 2.05) is 0 Å². The predicted octanol–water partition coefficient (Wildman–Crippen LogP) is 1.53. The molecular weight excluding hydrogens is 240 g/mol. The Hall–Kier alpha value is -1.26. The molecule has 0 aliphatic heterocycles. The maximum absolute atomic E-state index is 11.4. The number of hydrogen-bond acceptors (Lipinski definition) is 3. The maximum Gasteiger partial charge on any atom is 0.223 e. The molecule has 0 unspecified atom stereocenters. The maximum atomic E-state index is 11.4. The zero-order chi connectivity index (χ0) is 12.7. The summed E-state index contributed by atoms with van der Waals surface area (Å²) in [4.78, 5) is 13.0. The number of benzene rings is 1. The van der Waals surface area contributed by atoms with Gasteiger partial charge in [-0.1, -0.05) is 11.6 Å². The van der Waals surface area contributed by atoms with E-state index in [1.54, 1.807) is 36.2 Å². The summed E-state index contributed by atoms with van der Waals surface area (Å²) in [5, 5.41) is 0.674. The average molecular weight is 257 g/mol. The van der Waals surface area contributed by atoms with E-state index < -0.39 is 0 Å². The van der Waals surface area contributed by atoms with Crippen LogP contribution in [-0.2, 0) is 4.79 Å². The number of likely N-dealkylation sites (N-methyl/N-ethyl adjacent to an activating group) is 1. The van der Waals surface area contributed by atoms with Crippen molar-refractivity contribution in [3.8, 4) is 5.75 Å². The van der Waals surface area contributed by atoms with Crippen LogP contribution >= 0.6 is 11.6 Å². The Morgan fingerprint density at radius 2 is 2.06 bits per heavy atom. The second-order valence-electron chi connectivity index (χ2n) is 3.66. The Balaban J connectivity index is 2.27. The van der Waals surface area contributed by atoms with Crippen LogP contribution in [0.5, 0.6) is 5.75 Å². The Morgan fingerprint density at radius 3 is 2.65 bits per heavy atom. The number of carbonyl (C=O) groups is 1. The molecule has 0 fully saturated rings. The average Bonchev–Trinajstić information content (AvgIpc) is 2.32. The second-order valence-corrected chi connectivity index (χ2v) is 4.09. The third kappa shape index (κ3) is 5.06. The van der Waals surface area contributed by atoms with Crippen LogP contribution in [0.25, 0.3) is 0 Å². The van der Waals surface area contributed by atoms with Crippen molar-refractivity contribution in [1.82, 2.24) is 4.90 Å². The van der Waals surface area contributed by atoms with E-state index in [-0.39, 0.29) is 5.91 Å². The lowest BCUT2D eigenvalue weighted by Gasteiger charge is -2.17. The van der Waals surface area contributed by atoms with Crippen molar-refractivity contribution in [3.63, 3.8) is 0 Å². The van der Waals surface area contributed by atoms with Crippen LogP contribution in [0.15, 0.2) is 24.3 Å². The fourth-order valence-electron chi connectivity index (χ4n) is 1.27. The number of ether oxygens (including phenoxy) is 1. The molecule has 1 aromatic rings. The molecule has 2 N–H and O–H groups in total. The number of hydrogen-bond donors (Lipinski definition) is 1. The minimum absolute atomic E-state index is 0.0345. The number of rotatable bonds is 6. The third-order valence-corrected chi connectivity index (χ3v) is 2.54. The number of nitrogens with zero attached hydrogens (tertiary/aromatic N) is 1. The lowest BCUT2D eigenvalue weighted by atomic mass is 10.3. The first-order valence-corrected chi connectivity index (χ1v) is 5.83. The Bertz CT molecular complexity index is 354. The molecule has 0 spiro atoms. The molecule has 1 amide bonds. The molecule has 1 aromatic carbocycles. The van der Waals surface area contributed by atoms with Crippen molar-refractivity contribution in [1.29, 1.82) is 0 Å². The summed E-state index contributed by atoms with van der Waals surface area (Å²) in [5.41, 5.74) is 5.31. The molecule has 0 radical (unpaired) electrons. The van der Waals surface area contributed by atoms with Crippen molar-refractivity contribution in [2.75, 3.05) is 26.7 Å². The fourth-order valence-corrected chi connectivity index (χ4v) is 1.40. The molecule has 0 heterocycles. The quantitative estimate of drug-likeness (QED) is 0.840. The van der Waals surface area contributed by atoms with Crippen molar-refractivity contribution in [2.24, 2.45) is 5.73 Å². The molecular formula is C12H17ClN2O2. The largest absolute Gasteiger partial charge is 0.492 e. The van der Waals surface area contributed by atoms with Crippen molar-refractivity contribution < 1.29 is 9.53 Å². The van der Waals surface area contributed by atoms with Gasteiger partial charge >= 0.3 is 0 Å². The number of nitrogens with two attached hydrogens (primary N) is 1. The highest BCUT2D eigenvalue weighted by Gasteiger charge is 2.06. The summed E-state index contributed by atoms with van der Waals surface area (Å²) in [5.74, 6) is 0.779. The van der Waals surface area contributed by atoms with E-state index in [2.05, 4.69) is 0 Å². The normalized spacial score (nSPS) is 10.1. The SMILES string of the molecule is CN(CCOc1ccc(Cl)cc1)C(=O)CCN. The van der Waals surface area contributed by atoms with E-state index in [9.17, 15) is 4.79 Å². The lowest BCUT2D eigenvalue weighted by Crippen LogP contribution is -2.32. The first-order valence-electron chi connectivity index (χ1n) is 5.46. The Labute approximate surface area is 106 Å². The molecule has 5 heteroatoms. The number of carbonyl (C=O) groups excluding carboxylic acids is 1. The second kappa shape index (κ2) is 7.14. The molecule has 0 atom stereocenters. The van der Waals surface area contributed by atoms with Crippen molar-refractivity contribution in [3.05, 3.63) is 29.3 Å². The Morgan fingerprint density at radius 1 is 1.41 bits per heavy atom. The summed E-state index contributed by atoms with van der Waals surface area (Å²) >= 11 is 5.75. The van der Waals surface area contributed by atoms with E-state index >= 15 is 0 Å². The topological polar surface area (TPSA) is 55.6 Å². The molecule has 0 saturated heterocycles. The number of amides is 1. The predicted molar refractivity (Wildman–Crippen MR) is 68.3 cm³/mol. The van der Waals surface area contributed by atoms with E-state index in [1.165, 1.54) is 0 Å². The van der Waals surface area contributed by atoms with Gasteiger partial charge in [-0.25, -0.2) is 0 Å². The summed E-state index contributed by atoms with van der Waals surface area (Å²) in [7, 11) is 1.74. The summed E-state index contributed by atoms with van der Waals surface area (Å²) in [6.45, 7) is 1.37. The van der Waals surface area contributed by atoms with Gasteiger partial charge in [-0.2, -0.15) is 0 Å². The first-order chi connectivity index (χ1) is 8.13. The van der Waals surface area contributed by atoms with Gasteiger partial charge in [0.1, 0.15) is 12.4 Å². The molecule has 1 rings (SSSR count). The third-order valence-electron chi connectivity index (χ3n) is 2.29. The minimum Gasteiger partial charge on any atom is -0.492 e. The molecule has 0 saturated carbocycles. The van der Waals surface area contributed by atoms with Gasteiger partial charge in [0, 0.05) is 25.0 Å². The molecule has 4 nitrogen and oxygen atoms in total. The van der Waals surface area contributed by atoms with Gasteiger partial charge < -0.3 is 15.4 Å². The molecule has 17 heavy (non-hydrogen) atoms. The van der Waals surface area contributed by atoms with Crippen LogP contribution in [0, 0.1) is 0 Å². The zero-order valence-corrected chi connectivity index (χ0v) is 10.6. The van der Waals surface area contributed by atoms with Gasteiger partial charge in [0.25, 0.3) is 0 Å². The van der Waals surface area contributed by atoms with Gasteiger partial charge in [0.15, 0.2) is 0 Å². The van der Waals surface area contributed by atoms with Crippen molar-refractivity contribution in [2.45, 2.75) is 6.42 Å². The van der Waals surface area contributed by atoms with Gasteiger partial charge in [-0.05, 0) is 24.3 Å². The highest BCUT2D eigenvalue weighted by molar-refractivity contribution is 6.30. The standard InChI is InChI=1S/C12H17ClN2O2/c1-15(12(16)6-7-14)8-9-17-11-4-2-10(13)3-5-11/h2-5H,6-9,14H2,1H3. The van der Waals surface area contributed by atoms with Crippen LogP contribution in [-0.4, -0.2) is 37.6 Å². The van der Waals surface area contributed by atoms with Crippen LogP contribution in [0.2, 0.25) is 5.02 Å². The van der Waals surface area contributed by atoms with Crippen LogP contribution in [0.4, 0.5) is 0 Å². The van der Waals surface area contributed by atoms with Crippen LogP contribution in [0.3, 0.4) is 0 Å². The minimum atomic E-state index is 0.0345. The molecule has 0 aliphatic carbocycles. The molecule has 94 valence electrons. The van der Waals surface area contributed by atoms with Gasteiger partial charge in [0.05, 0.1) is 6.54 Å². The lowest BCUT2D eigenvalue weighted by molar-refractivity contribution is -0.130. The van der Waals surface area contributed by atoms with E-state index in [4.69, 9.17) is 22.1 Å². The first kappa shape index (κ1) is 13.8. The fraction of sp³-hybridized carbons (Fsp3) is 0.417. The Kier molecular flexibility index (Phi) is 5.80. The monoisotopic (exact) mass is 256 g/mol. The summed E-state index contributed by atoms with van der Waals surface area (Å²) in [6, 6.07) is 7.12. The molecule has 0 aromatic heterocycles. The summed E-state index contributed by atoms with van der Waals surface area (Å²) < 4.78 is 5.48. The zero-order valence-electron chi connectivity index (χ0n) is 9.86.